The molecule has 0 fully saturated rings. The molecule has 0 aromatic carbocycles. The van der Waals surface area contributed by atoms with Gasteiger partial charge in [-0.3, -0.25) is 0 Å². The van der Waals surface area contributed by atoms with Crippen molar-refractivity contribution >= 4 is 6.09 Å². The fraction of sp³-hybridized carbons (Fsp3) is 0.615. The van der Waals surface area contributed by atoms with Crippen molar-refractivity contribution in [3.8, 4) is 0 Å². The molecule has 24 heavy (non-hydrogen) atoms. The van der Waals surface area contributed by atoms with Gasteiger partial charge in [-0.05, 0) is 18.1 Å². The summed E-state index contributed by atoms with van der Waals surface area (Å²) in [5.74, 6) is 1.07. The van der Waals surface area contributed by atoms with Gasteiger partial charge in [0.05, 0.1) is 0 Å². The Bertz CT molecular complexity index is 552. The maximum absolute atomic E-state index is 12.4. The minimum absolute atomic E-state index is 0.0468. The molecule has 136 valence electrons. The Hall–Kier alpha value is -2.07. The zero-order chi connectivity index (χ0) is 18.1. The maximum atomic E-state index is 12.4. The standard InChI is InChI=1S/C13H13F6NO4/c1-20(5-7-2-3-8-9(4-7)23-6-22-8)11(21)24-10(12(14,15)16)13(17,18)19/h4,10H,2-3,5-6H2,1H3. The van der Waals surface area contributed by atoms with Crippen LogP contribution in [-0.4, -0.2) is 49.8 Å². The summed E-state index contributed by atoms with van der Waals surface area (Å²) in [6.45, 7) is -0.146. The van der Waals surface area contributed by atoms with Gasteiger partial charge in [0.2, 0.25) is 6.79 Å². The van der Waals surface area contributed by atoms with Crippen LogP contribution in [0.15, 0.2) is 23.2 Å². The van der Waals surface area contributed by atoms with Crippen molar-refractivity contribution in [2.24, 2.45) is 0 Å². The lowest BCUT2D eigenvalue weighted by molar-refractivity contribution is -0.308. The van der Waals surface area contributed by atoms with Gasteiger partial charge in [0, 0.05) is 20.0 Å². The monoisotopic (exact) mass is 361 g/mol. The molecule has 0 spiro atoms. The van der Waals surface area contributed by atoms with E-state index < -0.39 is 24.5 Å². The predicted molar refractivity (Wildman–Crippen MR) is 66.4 cm³/mol. The summed E-state index contributed by atoms with van der Waals surface area (Å²) in [5.41, 5.74) is 0.592. The van der Waals surface area contributed by atoms with Crippen LogP contribution < -0.4 is 0 Å². The van der Waals surface area contributed by atoms with Crippen LogP contribution in [0.5, 0.6) is 0 Å². The summed E-state index contributed by atoms with van der Waals surface area (Å²) in [6, 6.07) is 0. The zero-order valence-corrected chi connectivity index (χ0v) is 12.3. The average Bonchev–Trinajstić information content (AvgIpc) is 2.89. The van der Waals surface area contributed by atoms with Crippen molar-refractivity contribution in [1.29, 1.82) is 0 Å². The first-order valence-electron chi connectivity index (χ1n) is 6.72. The van der Waals surface area contributed by atoms with Crippen molar-refractivity contribution in [3.05, 3.63) is 23.2 Å². The van der Waals surface area contributed by atoms with Crippen molar-refractivity contribution in [2.45, 2.75) is 31.3 Å². The Kier molecular flexibility index (Phi) is 4.90. The molecule has 0 unspecified atom stereocenters. The second kappa shape index (κ2) is 6.44. The van der Waals surface area contributed by atoms with Gasteiger partial charge in [-0.15, -0.1) is 0 Å². The summed E-state index contributed by atoms with van der Waals surface area (Å²) >= 11 is 0. The number of rotatable bonds is 3. The van der Waals surface area contributed by atoms with Gasteiger partial charge < -0.3 is 19.1 Å². The molecule has 1 heterocycles. The van der Waals surface area contributed by atoms with E-state index in [2.05, 4.69) is 4.74 Å². The van der Waals surface area contributed by atoms with E-state index in [1.807, 2.05) is 0 Å². The average molecular weight is 361 g/mol. The normalized spacial score (nSPS) is 17.9. The van der Waals surface area contributed by atoms with Crippen molar-refractivity contribution < 1.29 is 45.3 Å². The second-order valence-electron chi connectivity index (χ2n) is 5.20. The number of allylic oxidation sites excluding steroid dienone is 2. The number of amides is 1. The second-order valence-corrected chi connectivity index (χ2v) is 5.20. The molecule has 0 radical (unpaired) electrons. The van der Waals surface area contributed by atoms with E-state index >= 15 is 0 Å². The maximum Gasteiger partial charge on any atom is 0.434 e. The fourth-order valence-electron chi connectivity index (χ4n) is 2.17. The molecule has 11 heteroatoms. The summed E-state index contributed by atoms with van der Waals surface area (Å²) < 4.78 is 88.2. The van der Waals surface area contributed by atoms with Crippen LogP contribution in [0, 0.1) is 0 Å². The minimum atomic E-state index is -5.74. The van der Waals surface area contributed by atoms with Crippen LogP contribution >= 0.6 is 0 Å². The molecule has 1 aliphatic heterocycles. The van der Waals surface area contributed by atoms with Gasteiger partial charge in [0.1, 0.15) is 5.76 Å². The number of carbonyl (C=O) groups excluding carboxylic acids is 1. The van der Waals surface area contributed by atoms with Crippen LogP contribution in [0.2, 0.25) is 0 Å². The van der Waals surface area contributed by atoms with E-state index in [1.54, 1.807) is 6.08 Å². The van der Waals surface area contributed by atoms with Crippen LogP contribution in [0.4, 0.5) is 31.1 Å². The largest absolute Gasteiger partial charge is 0.458 e. The molecule has 2 rings (SSSR count). The van der Waals surface area contributed by atoms with Crippen LogP contribution in [0.1, 0.15) is 12.8 Å². The number of hydrogen-bond acceptors (Lipinski definition) is 4. The third-order valence-electron chi connectivity index (χ3n) is 3.30. The van der Waals surface area contributed by atoms with E-state index in [0.717, 1.165) is 7.05 Å². The third-order valence-corrected chi connectivity index (χ3v) is 3.30. The molecule has 0 aromatic rings. The molecule has 0 saturated heterocycles. The van der Waals surface area contributed by atoms with E-state index in [-0.39, 0.29) is 13.3 Å². The van der Waals surface area contributed by atoms with E-state index in [9.17, 15) is 31.1 Å². The Morgan fingerprint density at radius 2 is 1.83 bits per heavy atom. The molecule has 2 aliphatic rings. The van der Waals surface area contributed by atoms with Crippen molar-refractivity contribution in [1.82, 2.24) is 4.90 Å². The fourth-order valence-corrected chi connectivity index (χ4v) is 2.17. The number of ether oxygens (including phenoxy) is 3. The van der Waals surface area contributed by atoms with Gasteiger partial charge in [-0.25, -0.2) is 4.79 Å². The zero-order valence-electron chi connectivity index (χ0n) is 12.3. The molecular formula is C13H13F6NO4. The van der Waals surface area contributed by atoms with Crippen LogP contribution in [0.25, 0.3) is 0 Å². The number of carbonyl (C=O) groups is 1. The Labute approximate surface area is 132 Å². The van der Waals surface area contributed by atoms with Crippen LogP contribution in [0.3, 0.4) is 0 Å². The highest BCUT2D eigenvalue weighted by Gasteiger charge is 2.60. The lowest BCUT2D eigenvalue weighted by atomic mass is 10.0. The van der Waals surface area contributed by atoms with E-state index in [4.69, 9.17) is 9.47 Å². The lowest BCUT2D eigenvalue weighted by Gasteiger charge is -2.26. The highest BCUT2D eigenvalue weighted by molar-refractivity contribution is 5.68. The quantitative estimate of drug-likeness (QED) is 0.722. The number of alkyl halides is 6. The molecule has 0 aromatic heterocycles. The molecule has 5 nitrogen and oxygen atoms in total. The Morgan fingerprint density at radius 1 is 1.21 bits per heavy atom. The minimum Gasteiger partial charge on any atom is -0.458 e. The first-order chi connectivity index (χ1) is 11.0. The lowest BCUT2D eigenvalue weighted by Crippen LogP contribution is -2.47. The van der Waals surface area contributed by atoms with Gasteiger partial charge >= 0.3 is 18.4 Å². The SMILES string of the molecule is CN(CC1=CC2=C(CC1)OCO2)C(=O)OC(C(F)(F)F)C(F)(F)F. The summed E-state index contributed by atoms with van der Waals surface area (Å²) in [4.78, 5) is 12.2. The van der Waals surface area contributed by atoms with Gasteiger partial charge in [-0.1, -0.05) is 0 Å². The molecule has 0 N–H and O–H groups in total. The van der Waals surface area contributed by atoms with Crippen LogP contribution in [-0.2, 0) is 14.2 Å². The van der Waals surface area contributed by atoms with Gasteiger partial charge in [-0.2, -0.15) is 26.3 Å². The first kappa shape index (κ1) is 18.3. The number of likely N-dealkylation sites (N-methyl/N-ethyl adjacent to an activating group) is 1. The topological polar surface area (TPSA) is 48.0 Å². The Balaban J connectivity index is 1.99. The molecular weight excluding hydrogens is 348 g/mol. The summed E-state index contributed by atoms with van der Waals surface area (Å²) in [6.07, 6.45) is -14.9. The highest BCUT2D eigenvalue weighted by atomic mass is 19.4. The van der Waals surface area contributed by atoms with Crippen molar-refractivity contribution in [2.75, 3.05) is 20.4 Å². The van der Waals surface area contributed by atoms with E-state index in [1.165, 1.54) is 0 Å². The van der Waals surface area contributed by atoms with Crippen molar-refractivity contribution in [3.63, 3.8) is 0 Å². The van der Waals surface area contributed by atoms with E-state index in [0.29, 0.717) is 34.8 Å². The van der Waals surface area contributed by atoms with Gasteiger partial charge in [0.15, 0.2) is 5.76 Å². The Morgan fingerprint density at radius 3 is 2.42 bits per heavy atom. The molecule has 1 aliphatic carbocycles. The predicted octanol–water partition coefficient (Wildman–Crippen LogP) is 3.48. The highest BCUT2D eigenvalue weighted by Crippen LogP contribution is 2.36. The number of nitrogens with zero attached hydrogens (tertiary/aromatic N) is 1. The smallest absolute Gasteiger partial charge is 0.434 e. The summed E-state index contributed by atoms with van der Waals surface area (Å²) in [7, 11) is 1.04. The molecule has 1 amide bonds. The number of halogens is 6. The van der Waals surface area contributed by atoms with Gasteiger partial charge in [0.25, 0.3) is 6.10 Å². The first-order valence-corrected chi connectivity index (χ1v) is 6.72. The number of hydrogen-bond donors (Lipinski definition) is 0. The molecule has 0 atom stereocenters. The third kappa shape index (κ3) is 4.26. The summed E-state index contributed by atoms with van der Waals surface area (Å²) in [5, 5.41) is 0. The molecule has 0 saturated carbocycles. The molecule has 0 bridgehead atoms.